The first-order valence-electron chi connectivity index (χ1n) is 37.6. The lowest BCUT2D eigenvalue weighted by molar-refractivity contribution is -0.858. The summed E-state index contributed by atoms with van der Waals surface area (Å²) in [5.41, 5.74) is 0. The number of aliphatic hydroxyl groups excluding tert-OH is 18. The number of nitrogens with zero attached hydrogens (tertiary/aromatic N) is 1. The molecule has 29 heteroatoms. The highest BCUT2D eigenvalue weighted by Crippen LogP contribution is 2.31. The Labute approximate surface area is 637 Å². The van der Waals surface area contributed by atoms with Gasteiger partial charge in [0.05, 0.1) is 91.3 Å². The molecule has 0 saturated carbocycles. The third-order valence-corrected chi connectivity index (χ3v) is 18.1. The molecule has 610 valence electrons. The van der Waals surface area contributed by atoms with Crippen LogP contribution in [0.2, 0.25) is 0 Å². The number of aliphatic hydroxyl groups is 18. The Hall–Kier alpha value is 0.120. The number of hydrogen-bond acceptors (Lipinski definition) is 26. The zero-order valence-electron chi connectivity index (χ0n) is 62.9. The van der Waals surface area contributed by atoms with Gasteiger partial charge >= 0.3 is 0 Å². The van der Waals surface area contributed by atoms with Crippen LogP contribution in [0.25, 0.3) is 0 Å². The van der Waals surface area contributed by atoms with Crippen molar-refractivity contribution in [2.45, 2.75) is 348 Å². The van der Waals surface area contributed by atoms with Crippen molar-refractivity contribution in [1.29, 1.82) is 0 Å². The van der Waals surface area contributed by atoms with Crippen molar-refractivity contribution < 1.29 is 154 Å². The average Bonchev–Trinajstić information content (AvgIpc) is 0.808. The molecule has 0 bridgehead atoms. The molecule has 0 aromatic heterocycles. The normalized spacial score (nSPS) is 27.0. The molecule has 3 aliphatic rings. The summed E-state index contributed by atoms with van der Waals surface area (Å²) in [4.78, 5) is 5.58. The lowest BCUT2D eigenvalue weighted by Crippen LogP contribution is -3.05. The van der Waals surface area contributed by atoms with E-state index in [4.69, 9.17) is 58.7 Å². The maximum atomic E-state index is 10.8. The van der Waals surface area contributed by atoms with Crippen LogP contribution in [-0.4, -0.2) is 325 Å². The highest BCUT2D eigenvalue weighted by atomic mass is 127. The van der Waals surface area contributed by atoms with Gasteiger partial charge in [-0.15, -0.1) is 0 Å². The van der Waals surface area contributed by atoms with E-state index in [2.05, 4.69) is 67.8 Å². The summed E-state index contributed by atoms with van der Waals surface area (Å²) < 4.78 is 38.8. The van der Waals surface area contributed by atoms with Gasteiger partial charge in [0.2, 0.25) is 0 Å². The van der Waals surface area contributed by atoms with E-state index in [1.807, 2.05) is 18.8 Å². The molecule has 0 aromatic rings. The van der Waals surface area contributed by atoms with Crippen LogP contribution in [0.3, 0.4) is 0 Å². The van der Waals surface area contributed by atoms with Gasteiger partial charge in [0.15, 0.2) is 18.9 Å². The third kappa shape index (κ3) is 50.5. The minimum absolute atomic E-state index is 0. The fourth-order valence-electron chi connectivity index (χ4n) is 11.9. The molecule has 0 aromatic carbocycles. The molecule has 3 saturated heterocycles. The summed E-state index contributed by atoms with van der Waals surface area (Å²) in [6, 6.07) is 0. The van der Waals surface area contributed by atoms with E-state index in [0.29, 0.717) is 6.42 Å². The lowest BCUT2D eigenvalue weighted by Gasteiger charge is -2.46. The molecule has 21 unspecified atom stereocenters. The van der Waals surface area contributed by atoms with Crippen molar-refractivity contribution in [2.24, 2.45) is 0 Å². The second-order valence-corrected chi connectivity index (χ2v) is 27.5. The van der Waals surface area contributed by atoms with Gasteiger partial charge in [-0.2, -0.15) is 0 Å². The van der Waals surface area contributed by atoms with E-state index in [1.54, 1.807) is 0 Å². The predicted molar refractivity (Wildman–Crippen MR) is 391 cm³/mol. The first kappa shape index (κ1) is 105. The maximum Gasteiger partial charge on any atom is 0.187 e. The smallest absolute Gasteiger partial charge is 0.187 e. The zero-order chi connectivity index (χ0) is 75.6. The van der Waals surface area contributed by atoms with E-state index in [9.17, 15) is 66.4 Å². The molecular weight excluding hydrogens is 1550 g/mol. The number of rotatable bonds is 54. The highest BCUT2D eigenvalue weighted by Gasteiger charge is 2.51. The molecule has 27 nitrogen and oxygen atoms in total. The topological polar surface area (TPSA) is 436 Å². The monoisotopic (exact) mass is 1690 g/mol. The van der Waals surface area contributed by atoms with Crippen LogP contribution in [0.1, 0.15) is 219 Å². The first-order chi connectivity index (χ1) is 48.0. The minimum atomic E-state index is -1.71. The van der Waals surface area contributed by atoms with Crippen molar-refractivity contribution in [3.63, 3.8) is 0 Å². The summed E-state index contributed by atoms with van der Waals surface area (Å²) in [6.07, 6.45) is 17.3. The molecule has 3 rings (SSSR count). The number of unbranched alkanes of at least 4 members (excludes halogenated alkanes) is 21. The molecule has 21 atom stereocenters. The van der Waals surface area contributed by atoms with E-state index in [-0.39, 0.29) is 68.2 Å². The van der Waals surface area contributed by atoms with Crippen LogP contribution in [0.15, 0.2) is 12.2 Å². The van der Waals surface area contributed by atoms with Crippen LogP contribution < -0.4 is 28.9 Å². The Morgan fingerprint density at radius 2 is 0.782 bits per heavy atom. The van der Waals surface area contributed by atoms with Gasteiger partial charge in [0.1, 0.15) is 85.5 Å². The first-order valence-corrected chi connectivity index (χ1v) is 39.8. The molecule has 19 N–H and O–H groups in total. The van der Waals surface area contributed by atoms with Crippen molar-refractivity contribution in [1.82, 2.24) is 4.90 Å². The highest BCUT2D eigenvalue weighted by molar-refractivity contribution is 14.1. The fourth-order valence-corrected chi connectivity index (χ4v) is 11.9. The maximum absolute atomic E-state index is 10.8. The van der Waals surface area contributed by atoms with Gasteiger partial charge in [-0.05, 0) is 116 Å². The summed E-state index contributed by atoms with van der Waals surface area (Å²) in [5.74, 6) is 0. The number of allylic oxidation sites excluding steroid dienone is 2. The van der Waals surface area contributed by atoms with Gasteiger partial charge in [-0.1, -0.05) is 163 Å². The van der Waals surface area contributed by atoms with Crippen molar-refractivity contribution in [3.8, 4) is 0 Å². The van der Waals surface area contributed by atoms with Gasteiger partial charge in [-0.3, -0.25) is 0 Å². The second kappa shape index (κ2) is 69.3. The van der Waals surface area contributed by atoms with E-state index in [0.717, 1.165) is 129 Å². The van der Waals surface area contributed by atoms with Crippen LogP contribution in [0.4, 0.5) is 0 Å². The van der Waals surface area contributed by atoms with E-state index >= 15 is 0 Å². The van der Waals surface area contributed by atoms with Crippen LogP contribution in [-0.2, 0) is 33.2 Å². The van der Waals surface area contributed by atoms with Crippen molar-refractivity contribution in [3.05, 3.63) is 12.2 Å². The Bertz CT molecular complexity index is 1790. The number of hydrogen-bond donors (Lipinski definition) is 19. The molecular formula is C72H148I2N2O25. The van der Waals surface area contributed by atoms with E-state index in [1.165, 1.54) is 94.8 Å². The van der Waals surface area contributed by atoms with Crippen LogP contribution in [0, 0.1) is 0 Å². The lowest BCUT2D eigenvalue weighted by atomic mass is 9.97. The van der Waals surface area contributed by atoms with Crippen molar-refractivity contribution >= 4 is 22.6 Å². The molecule has 3 aliphatic heterocycles. The van der Waals surface area contributed by atoms with Gasteiger partial charge < -0.3 is 159 Å². The Morgan fingerprint density at radius 3 is 1.17 bits per heavy atom. The number of ether oxygens (including phenoxy) is 7. The summed E-state index contributed by atoms with van der Waals surface area (Å²) >= 11 is 2.15. The zero-order valence-corrected chi connectivity index (χ0v) is 67.2. The molecule has 3 fully saturated rings. The molecule has 0 spiro atoms. The summed E-state index contributed by atoms with van der Waals surface area (Å²) in [7, 11) is 9.45. The minimum Gasteiger partial charge on any atom is -1.00 e. The van der Waals surface area contributed by atoms with Crippen molar-refractivity contribution in [2.75, 3.05) is 99.6 Å². The summed E-state index contributed by atoms with van der Waals surface area (Å²) in [6.45, 7) is 3.31. The Kier molecular flexibility index (Phi) is 72.3. The molecule has 0 amide bonds. The van der Waals surface area contributed by atoms with Gasteiger partial charge in [0.25, 0.3) is 0 Å². The van der Waals surface area contributed by atoms with Crippen LogP contribution >= 0.6 is 22.6 Å². The predicted octanol–water partition coefficient (Wildman–Crippen LogP) is -0.953. The molecule has 0 aliphatic carbocycles. The SMILES string of the molecule is CC(CCCCCC/C=C\CCCCCCCC(O)CCC[NH+](C)C)OC1OC(CO)C(O)C(O)C1OC1OC(CO)C(O)C(O)C1O.CC(CCCCCCCCCCCCCCCC(O)CCCN(C)C)OC1OC(CO)C(O)C(O)C1O.CI.CO.OCCOC(CO)C(O)CO.[I-]. The molecule has 0 radical (unpaired) electrons. The quantitative estimate of drug-likeness (QED) is 0.0151. The number of alkyl halides is 1. The standard InChI is InChI=1S/C35H67NO12.C29H59NO7.C6H14O5.CH3I.CH4O.HI/c1-24(18-15-13-11-9-7-5-4-6-8-10-12-14-16-19-25(39)20-17-21-36(2)3)45-35-33(31(43)29(41)27(23-38)47-35)48-34-32(44)30(42)28(40)26(22-37)46-34;1-23(36-29-28(35)27(34)26(33)25(22-31)37-29)18-15-13-11-9-7-5-4-6-8-10-12-14-16-19-24(32)20-17-21-30(2)3;7-1-2-11-6(4-9)5(10)3-8;2*1-2;/h4-5,24-35,37-44H,6-23H2,1-3H3;23-29,31-35H,4-22H2,1-3H3;5-10H,1-4H2;1H3;2H,1H3;1H/b5-4-;;;;;. The number of halogens is 2. The summed E-state index contributed by atoms with van der Waals surface area (Å²) in [5, 5.41) is 171. The third-order valence-electron chi connectivity index (χ3n) is 18.1. The fraction of sp³-hybridized carbons (Fsp3) is 0.972. The van der Waals surface area contributed by atoms with Crippen LogP contribution in [0.5, 0.6) is 0 Å². The number of quaternary nitrogens is 1. The Morgan fingerprint density at radius 1 is 0.436 bits per heavy atom. The largest absolute Gasteiger partial charge is 1.00 e. The number of nitrogens with one attached hydrogen (secondary N) is 1. The second-order valence-electron chi connectivity index (χ2n) is 27.5. The molecule has 101 heavy (non-hydrogen) atoms. The molecule has 3 heterocycles. The van der Waals surface area contributed by atoms with Gasteiger partial charge in [0, 0.05) is 7.11 Å². The average molecular weight is 1700 g/mol. The van der Waals surface area contributed by atoms with Gasteiger partial charge in [-0.25, -0.2) is 0 Å². The Balaban J connectivity index is -0.00000160. The van der Waals surface area contributed by atoms with E-state index < -0.39 is 131 Å².